The molecule has 0 radical (unpaired) electrons. The van der Waals surface area contributed by atoms with Crippen LogP contribution in [0, 0.1) is 12.8 Å². The number of hydrazine groups is 1. The highest BCUT2D eigenvalue weighted by atomic mass is 16.2. The van der Waals surface area contributed by atoms with Crippen LogP contribution in [-0.4, -0.2) is 39.9 Å². The molecule has 1 aromatic heterocycles. The second-order valence-electron chi connectivity index (χ2n) is 7.30. The van der Waals surface area contributed by atoms with E-state index in [-0.39, 0.29) is 11.8 Å². The maximum absolute atomic E-state index is 12.9. The van der Waals surface area contributed by atoms with Gasteiger partial charge < -0.3 is 0 Å². The average molecular weight is 349 g/mol. The lowest BCUT2D eigenvalue weighted by atomic mass is 10.0. The molecule has 2 amide bonds. The summed E-state index contributed by atoms with van der Waals surface area (Å²) < 4.78 is 0. The standard InChI is InChI=1S/C21H23N3O2/c1-15-9-19(14-22-13-15)21(26)24-8-4-7-23(24)20(25)12-16-10-17-5-2-3-6-18(17)11-16/h2-3,5-6,9,13-14,16H,4,7-8,10-12H2,1H3. The van der Waals surface area contributed by atoms with Gasteiger partial charge in [-0.3, -0.25) is 19.6 Å². The molecular weight excluding hydrogens is 326 g/mol. The predicted molar refractivity (Wildman–Crippen MR) is 98.3 cm³/mol. The first-order valence-electron chi connectivity index (χ1n) is 9.22. The molecular formula is C21H23N3O2. The fourth-order valence-corrected chi connectivity index (χ4v) is 4.05. The predicted octanol–water partition coefficient (Wildman–Crippen LogP) is 2.78. The van der Waals surface area contributed by atoms with Gasteiger partial charge in [0.25, 0.3) is 5.91 Å². The van der Waals surface area contributed by atoms with Crippen LogP contribution in [0.1, 0.15) is 39.9 Å². The summed E-state index contributed by atoms with van der Waals surface area (Å²) in [5.74, 6) is 0.245. The van der Waals surface area contributed by atoms with Gasteiger partial charge in [-0.25, -0.2) is 5.01 Å². The van der Waals surface area contributed by atoms with E-state index in [0.29, 0.717) is 31.0 Å². The Morgan fingerprint density at radius 1 is 1.08 bits per heavy atom. The highest BCUT2D eigenvalue weighted by molar-refractivity contribution is 5.95. The lowest BCUT2D eigenvalue weighted by molar-refractivity contribution is -0.141. The van der Waals surface area contributed by atoms with Crippen molar-refractivity contribution in [3.05, 3.63) is 65.0 Å². The Morgan fingerprint density at radius 3 is 2.46 bits per heavy atom. The number of pyridine rings is 1. The highest BCUT2D eigenvalue weighted by Crippen LogP contribution is 2.29. The number of rotatable bonds is 3. The van der Waals surface area contributed by atoms with E-state index < -0.39 is 0 Å². The number of aromatic nitrogens is 1. The fraction of sp³-hybridized carbons (Fsp3) is 0.381. The zero-order valence-electron chi connectivity index (χ0n) is 15.0. The Balaban J connectivity index is 1.43. The molecule has 0 unspecified atom stereocenters. The van der Waals surface area contributed by atoms with Crippen LogP contribution in [-0.2, 0) is 17.6 Å². The highest BCUT2D eigenvalue weighted by Gasteiger charge is 2.33. The summed E-state index contributed by atoms with van der Waals surface area (Å²) in [4.78, 5) is 29.8. The van der Waals surface area contributed by atoms with Crippen molar-refractivity contribution in [3.8, 4) is 0 Å². The van der Waals surface area contributed by atoms with Crippen LogP contribution in [0.25, 0.3) is 0 Å². The lowest BCUT2D eigenvalue weighted by Gasteiger charge is -2.28. The lowest BCUT2D eigenvalue weighted by Crippen LogP contribution is -2.45. The molecule has 0 atom stereocenters. The molecule has 4 rings (SSSR count). The van der Waals surface area contributed by atoms with Crippen LogP contribution in [0.3, 0.4) is 0 Å². The number of aryl methyl sites for hydroxylation is 1. The van der Waals surface area contributed by atoms with E-state index in [9.17, 15) is 9.59 Å². The van der Waals surface area contributed by atoms with Gasteiger partial charge >= 0.3 is 0 Å². The van der Waals surface area contributed by atoms with Crippen molar-refractivity contribution < 1.29 is 9.59 Å². The fourth-order valence-electron chi connectivity index (χ4n) is 4.05. The summed E-state index contributed by atoms with van der Waals surface area (Å²) in [5.41, 5.74) is 4.19. The molecule has 1 aliphatic carbocycles. The molecule has 1 saturated heterocycles. The number of hydrogen-bond donors (Lipinski definition) is 0. The maximum Gasteiger partial charge on any atom is 0.274 e. The number of benzene rings is 1. The molecule has 0 spiro atoms. The number of amides is 2. The molecule has 2 aliphatic rings. The van der Waals surface area contributed by atoms with Gasteiger partial charge in [0.15, 0.2) is 0 Å². The number of carbonyl (C=O) groups is 2. The van der Waals surface area contributed by atoms with E-state index >= 15 is 0 Å². The van der Waals surface area contributed by atoms with E-state index in [0.717, 1.165) is 24.8 Å². The third-order valence-electron chi connectivity index (χ3n) is 5.27. The van der Waals surface area contributed by atoms with Gasteiger partial charge in [0.1, 0.15) is 0 Å². The molecule has 1 fully saturated rings. The number of carbonyl (C=O) groups excluding carboxylic acids is 2. The Morgan fingerprint density at radius 2 is 1.77 bits per heavy atom. The van der Waals surface area contributed by atoms with E-state index in [1.807, 2.05) is 13.0 Å². The largest absolute Gasteiger partial charge is 0.274 e. The minimum absolute atomic E-state index is 0.0502. The zero-order valence-corrected chi connectivity index (χ0v) is 15.0. The maximum atomic E-state index is 12.9. The molecule has 5 heteroatoms. The van der Waals surface area contributed by atoms with Crippen molar-refractivity contribution in [2.45, 2.75) is 32.6 Å². The topological polar surface area (TPSA) is 53.5 Å². The van der Waals surface area contributed by atoms with E-state index in [4.69, 9.17) is 0 Å². The molecule has 134 valence electrons. The van der Waals surface area contributed by atoms with Crippen LogP contribution < -0.4 is 0 Å². The smallest absolute Gasteiger partial charge is 0.273 e. The molecule has 2 heterocycles. The number of hydrogen-bond acceptors (Lipinski definition) is 3. The van der Waals surface area contributed by atoms with Crippen molar-refractivity contribution in [1.82, 2.24) is 15.0 Å². The first kappa shape index (κ1) is 16.8. The second-order valence-corrected chi connectivity index (χ2v) is 7.30. The minimum Gasteiger partial charge on any atom is -0.273 e. The second kappa shape index (κ2) is 6.90. The summed E-state index contributed by atoms with van der Waals surface area (Å²) in [5, 5.41) is 3.24. The van der Waals surface area contributed by atoms with Crippen LogP contribution >= 0.6 is 0 Å². The Bertz CT molecular complexity index is 824. The van der Waals surface area contributed by atoms with Gasteiger partial charge in [-0.1, -0.05) is 24.3 Å². The van der Waals surface area contributed by atoms with Crippen molar-refractivity contribution in [2.75, 3.05) is 13.1 Å². The van der Waals surface area contributed by atoms with Crippen molar-refractivity contribution in [2.24, 2.45) is 5.92 Å². The van der Waals surface area contributed by atoms with E-state index in [2.05, 4.69) is 29.2 Å². The van der Waals surface area contributed by atoms with E-state index in [1.54, 1.807) is 22.4 Å². The number of fused-ring (bicyclic) bond motifs is 1. The van der Waals surface area contributed by atoms with Crippen molar-refractivity contribution in [1.29, 1.82) is 0 Å². The van der Waals surface area contributed by atoms with Crippen molar-refractivity contribution >= 4 is 11.8 Å². The quantitative estimate of drug-likeness (QED) is 0.856. The van der Waals surface area contributed by atoms with Crippen molar-refractivity contribution in [3.63, 3.8) is 0 Å². The van der Waals surface area contributed by atoms with Crippen LogP contribution in [0.15, 0.2) is 42.7 Å². The van der Waals surface area contributed by atoms with Gasteiger partial charge in [0, 0.05) is 31.9 Å². The molecule has 26 heavy (non-hydrogen) atoms. The molecule has 5 nitrogen and oxygen atoms in total. The molecule has 2 aromatic rings. The summed E-state index contributed by atoms with van der Waals surface area (Å²) >= 11 is 0. The third kappa shape index (κ3) is 3.21. The molecule has 0 saturated carbocycles. The third-order valence-corrected chi connectivity index (χ3v) is 5.27. The van der Waals surface area contributed by atoms with Crippen LogP contribution in [0.2, 0.25) is 0 Å². The summed E-state index contributed by atoms with van der Waals surface area (Å²) in [6.45, 7) is 3.11. The summed E-state index contributed by atoms with van der Waals surface area (Å²) in [7, 11) is 0. The molecule has 1 aliphatic heterocycles. The SMILES string of the molecule is Cc1cncc(C(=O)N2CCCN2C(=O)CC2Cc3ccccc3C2)c1. The molecule has 0 bridgehead atoms. The Hall–Kier alpha value is -2.69. The molecule has 0 N–H and O–H groups in total. The summed E-state index contributed by atoms with van der Waals surface area (Å²) in [6, 6.07) is 10.2. The first-order valence-corrected chi connectivity index (χ1v) is 9.22. The number of nitrogens with zero attached hydrogens (tertiary/aromatic N) is 3. The van der Waals surface area contributed by atoms with Gasteiger partial charge in [0.05, 0.1) is 5.56 Å². The van der Waals surface area contributed by atoms with Crippen LogP contribution in [0.5, 0.6) is 0 Å². The average Bonchev–Trinajstić information content (AvgIpc) is 3.27. The van der Waals surface area contributed by atoms with Crippen LogP contribution in [0.4, 0.5) is 0 Å². The zero-order chi connectivity index (χ0) is 18.1. The van der Waals surface area contributed by atoms with Gasteiger partial charge in [-0.2, -0.15) is 0 Å². The van der Waals surface area contributed by atoms with Gasteiger partial charge in [0.2, 0.25) is 5.91 Å². The summed E-state index contributed by atoms with van der Waals surface area (Å²) in [6.07, 6.45) is 6.51. The Kier molecular flexibility index (Phi) is 4.45. The first-order chi connectivity index (χ1) is 12.6. The monoisotopic (exact) mass is 349 g/mol. The van der Waals surface area contributed by atoms with Gasteiger partial charge in [-0.15, -0.1) is 0 Å². The van der Waals surface area contributed by atoms with Gasteiger partial charge in [-0.05, 0) is 54.9 Å². The normalized spacial score (nSPS) is 16.8. The molecule has 1 aromatic carbocycles. The van der Waals surface area contributed by atoms with E-state index in [1.165, 1.54) is 11.1 Å². The minimum atomic E-state index is -0.137. The Labute approximate surface area is 153 Å².